The van der Waals surface area contributed by atoms with E-state index in [0.29, 0.717) is 5.92 Å². The van der Waals surface area contributed by atoms with E-state index >= 15 is 0 Å². The summed E-state index contributed by atoms with van der Waals surface area (Å²) in [6.07, 6.45) is 10.1. The maximum atomic E-state index is 4.57. The summed E-state index contributed by atoms with van der Waals surface area (Å²) in [5.74, 6) is 3.77. The molecule has 7 heteroatoms. The van der Waals surface area contributed by atoms with E-state index in [-0.39, 0.29) is 0 Å². The highest BCUT2D eigenvalue weighted by molar-refractivity contribution is 5.04. The lowest BCUT2D eigenvalue weighted by molar-refractivity contribution is 0.190. The molecule has 0 aliphatic carbocycles. The molecule has 0 unspecified atom stereocenters. The number of H-pyrrole nitrogens is 1. The summed E-state index contributed by atoms with van der Waals surface area (Å²) in [5, 5.41) is 9.09. The SMILES string of the molecule is Cn1c(CN2CCCCC2)nnc1[C@H]1CCCN(Cc2ncc[nH]2)C1. The molecule has 0 amide bonds. The Morgan fingerprint density at radius 3 is 2.68 bits per heavy atom. The highest BCUT2D eigenvalue weighted by Gasteiger charge is 2.26. The second-order valence-electron chi connectivity index (χ2n) is 7.48. The van der Waals surface area contributed by atoms with Gasteiger partial charge in [0.25, 0.3) is 0 Å². The number of piperidine rings is 2. The Balaban J connectivity index is 1.40. The summed E-state index contributed by atoms with van der Waals surface area (Å²) in [6, 6.07) is 0. The Labute approximate surface area is 149 Å². The van der Waals surface area contributed by atoms with Crippen molar-refractivity contribution >= 4 is 0 Å². The van der Waals surface area contributed by atoms with Crippen LogP contribution in [0.1, 0.15) is 55.5 Å². The fraction of sp³-hybridized carbons (Fsp3) is 0.722. The van der Waals surface area contributed by atoms with Gasteiger partial charge in [0.05, 0.1) is 13.1 Å². The topological polar surface area (TPSA) is 65.9 Å². The van der Waals surface area contributed by atoms with E-state index < -0.39 is 0 Å². The van der Waals surface area contributed by atoms with Crippen molar-refractivity contribution in [1.82, 2.24) is 34.5 Å². The second kappa shape index (κ2) is 7.66. The van der Waals surface area contributed by atoms with E-state index in [1.807, 2.05) is 12.4 Å². The second-order valence-corrected chi connectivity index (χ2v) is 7.48. The van der Waals surface area contributed by atoms with E-state index in [1.54, 1.807) is 0 Å². The van der Waals surface area contributed by atoms with Gasteiger partial charge in [-0.15, -0.1) is 10.2 Å². The predicted octanol–water partition coefficient (Wildman–Crippen LogP) is 1.90. The lowest BCUT2D eigenvalue weighted by Gasteiger charge is -2.31. The van der Waals surface area contributed by atoms with Crippen LogP contribution in [0.3, 0.4) is 0 Å². The fourth-order valence-corrected chi connectivity index (χ4v) is 4.19. The number of nitrogens with zero attached hydrogens (tertiary/aromatic N) is 6. The Morgan fingerprint density at radius 2 is 1.88 bits per heavy atom. The average molecular weight is 343 g/mol. The third kappa shape index (κ3) is 3.93. The highest BCUT2D eigenvalue weighted by atomic mass is 15.3. The van der Waals surface area contributed by atoms with E-state index in [9.17, 15) is 0 Å². The van der Waals surface area contributed by atoms with E-state index in [4.69, 9.17) is 0 Å². The minimum atomic E-state index is 0.469. The van der Waals surface area contributed by atoms with Crippen LogP contribution < -0.4 is 0 Å². The van der Waals surface area contributed by atoms with Crippen LogP contribution in [0, 0.1) is 0 Å². The molecule has 0 aromatic carbocycles. The Bertz CT molecular complexity index is 657. The first-order valence-electron chi connectivity index (χ1n) is 9.61. The molecule has 0 bridgehead atoms. The molecule has 7 nitrogen and oxygen atoms in total. The van der Waals surface area contributed by atoms with Crippen LogP contribution in [0.5, 0.6) is 0 Å². The smallest absolute Gasteiger partial charge is 0.146 e. The maximum Gasteiger partial charge on any atom is 0.146 e. The normalized spacial score (nSPS) is 23.2. The van der Waals surface area contributed by atoms with Gasteiger partial charge in [-0.25, -0.2) is 4.98 Å². The molecule has 0 saturated carbocycles. The number of imidazole rings is 1. The highest BCUT2D eigenvalue weighted by Crippen LogP contribution is 2.26. The first-order valence-corrected chi connectivity index (χ1v) is 9.61. The number of aromatic nitrogens is 5. The molecule has 1 atom stereocenters. The molecule has 2 saturated heterocycles. The van der Waals surface area contributed by atoms with Crippen molar-refractivity contribution in [1.29, 1.82) is 0 Å². The summed E-state index contributed by atoms with van der Waals surface area (Å²) in [5.41, 5.74) is 0. The first-order chi connectivity index (χ1) is 12.3. The number of nitrogens with one attached hydrogen (secondary N) is 1. The van der Waals surface area contributed by atoms with E-state index in [2.05, 4.69) is 41.6 Å². The molecular weight excluding hydrogens is 314 g/mol. The van der Waals surface area contributed by atoms with Gasteiger partial charge in [-0.1, -0.05) is 6.42 Å². The van der Waals surface area contributed by atoms with Gasteiger partial charge >= 0.3 is 0 Å². The van der Waals surface area contributed by atoms with Gasteiger partial charge < -0.3 is 9.55 Å². The summed E-state index contributed by atoms with van der Waals surface area (Å²) in [7, 11) is 2.14. The quantitative estimate of drug-likeness (QED) is 0.898. The number of rotatable bonds is 5. The van der Waals surface area contributed by atoms with Gasteiger partial charge in [-0.2, -0.15) is 0 Å². The van der Waals surface area contributed by atoms with Crippen molar-refractivity contribution < 1.29 is 0 Å². The minimum Gasteiger partial charge on any atom is -0.348 e. The van der Waals surface area contributed by atoms with Gasteiger partial charge in [0, 0.05) is 31.9 Å². The van der Waals surface area contributed by atoms with Gasteiger partial charge in [-0.05, 0) is 45.3 Å². The molecule has 2 aromatic rings. The maximum absolute atomic E-state index is 4.57. The molecule has 4 rings (SSSR count). The molecule has 0 spiro atoms. The van der Waals surface area contributed by atoms with Crippen LogP contribution in [0.25, 0.3) is 0 Å². The summed E-state index contributed by atoms with van der Waals surface area (Å²) in [6.45, 7) is 6.39. The Kier molecular flexibility index (Phi) is 5.12. The zero-order valence-electron chi connectivity index (χ0n) is 15.2. The van der Waals surface area contributed by atoms with Crippen LogP contribution in [-0.4, -0.2) is 60.7 Å². The van der Waals surface area contributed by atoms with Crippen LogP contribution in [0.15, 0.2) is 12.4 Å². The van der Waals surface area contributed by atoms with Crippen molar-refractivity contribution in [2.45, 2.75) is 51.1 Å². The zero-order valence-corrected chi connectivity index (χ0v) is 15.2. The minimum absolute atomic E-state index is 0.469. The summed E-state index contributed by atoms with van der Waals surface area (Å²) < 4.78 is 2.25. The van der Waals surface area contributed by atoms with E-state index in [0.717, 1.165) is 43.7 Å². The number of hydrogen-bond acceptors (Lipinski definition) is 5. The molecule has 136 valence electrons. The first kappa shape index (κ1) is 16.7. The Morgan fingerprint density at radius 1 is 1.04 bits per heavy atom. The third-order valence-corrected chi connectivity index (χ3v) is 5.61. The molecule has 2 aliphatic rings. The van der Waals surface area contributed by atoms with Crippen LogP contribution in [0.4, 0.5) is 0 Å². The molecule has 2 aliphatic heterocycles. The van der Waals surface area contributed by atoms with Crippen LogP contribution in [-0.2, 0) is 20.1 Å². The van der Waals surface area contributed by atoms with Gasteiger partial charge in [-0.3, -0.25) is 9.80 Å². The number of hydrogen-bond donors (Lipinski definition) is 1. The molecule has 2 fully saturated rings. The van der Waals surface area contributed by atoms with Crippen molar-refractivity contribution in [2.24, 2.45) is 7.05 Å². The molecule has 4 heterocycles. The average Bonchev–Trinajstić information content (AvgIpc) is 3.27. The largest absolute Gasteiger partial charge is 0.348 e. The number of likely N-dealkylation sites (tertiary alicyclic amines) is 2. The third-order valence-electron chi connectivity index (χ3n) is 5.61. The standard InChI is InChI=1S/C18H29N7/c1-23-17(14-24-9-3-2-4-10-24)21-22-18(23)15-6-5-11-25(12-15)13-16-19-7-8-20-16/h7-8,15H,2-6,9-14H2,1H3,(H,19,20)/t15-/m0/s1. The van der Waals surface area contributed by atoms with Crippen LogP contribution >= 0.6 is 0 Å². The van der Waals surface area contributed by atoms with Crippen molar-refractivity contribution in [3.63, 3.8) is 0 Å². The molecule has 25 heavy (non-hydrogen) atoms. The molecule has 1 N–H and O–H groups in total. The summed E-state index contributed by atoms with van der Waals surface area (Å²) >= 11 is 0. The molecule has 2 aromatic heterocycles. The van der Waals surface area contributed by atoms with Crippen LogP contribution in [0.2, 0.25) is 0 Å². The predicted molar refractivity (Wildman–Crippen MR) is 96.0 cm³/mol. The van der Waals surface area contributed by atoms with Gasteiger partial charge in [0.15, 0.2) is 0 Å². The number of aromatic amines is 1. The lowest BCUT2D eigenvalue weighted by atomic mass is 9.97. The zero-order chi connectivity index (χ0) is 17.1. The molecular formula is C18H29N7. The van der Waals surface area contributed by atoms with E-state index in [1.165, 1.54) is 45.2 Å². The Hall–Kier alpha value is -1.73. The van der Waals surface area contributed by atoms with Gasteiger partial charge in [0.2, 0.25) is 0 Å². The lowest BCUT2D eigenvalue weighted by Crippen LogP contribution is -2.35. The monoisotopic (exact) mass is 343 g/mol. The van der Waals surface area contributed by atoms with Gasteiger partial charge in [0.1, 0.15) is 17.5 Å². The van der Waals surface area contributed by atoms with Crippen molar-refractivity contribution in [3.8, 4) is 0 Å². The summed E-state index contributed by atoms with van der Waals surface area (Å²) in [4.78, 5) is 12.6. The van der Waals surface area contributed by atoms with Crippen molar-refractivity contribution in [2.75, 3.05) is 26.2 Å². The van der Waals surface area contributed by atoms with Crippen molar-refractivity contribution in [3.05, 3.63) is 29.9 Å². The molecule has 0 radical (unpaired) electrons. The fourth-order valence-electron chi connectivity index (χ4n) is 4.19.